The number of fused-ring (bicyclic) bond motifs is 1. The molecule has 1 N–H and O–H groups in total. The highest BCUT2D eigenvalue weighted by Crippen LogP contribution is 2.26. The van der Waals surface area contributed by atoms with Gasteiger partial charge in [0.1, 0.15) is 13.2 Å². The van der Waals surface area contributed by atoms with Gasteiger partial charge in [0.15, 0.2) is 0 Å². The lowest BCUT2D eigenvalue weighted by Gasteiger charge is -2.34. The summed E-state index contributed by atoms with van der Waals surface area (Å²) in [6, 6.07) is 0. The van der Waals surface area contributed by atoms with Crippen molar-refractivity contribution in [3.05, 3.63) is 0 Å². The predicted octanol–water partition coefficient (Wildman–Crippen LogP) is 1.05. The highest BCUT2D eigenvalue weighted by Gasteiger charge is 2.34. The van der Waals surface area contributed by atoms with Crippen molar-refractivity contribution in [2.45, 2.75) is 12.6 Å². The van der Waals surface area contributed by atoms with Gasteiger partial charge in [-0.1, -0.05) is 0 Å². The topological polar surface area (TPSA) is 41.6 Å². The number of nitrogens with zero attached hydrogens (tertiary/aromatic N) is 1. The molecule has 0 bridgehead atoms. The number of hydrogen-bond acceptors (Lipinski definition) is 3. The first kappa shape index (κ1) is 16.5. The number of piperidine rings is 1. The average Bonchev–Trinajstić information content (AvgIpc) is 2.73. The van der Waals surface area contributed by atoms with E-state index in [0.717, 1.165) is 19.5 Å². The van der Waals surface area contributed by atoms with Crippen LogP contribution in [-0.2, 0) is 9.53 Å². The summed E-state index contributed by atoms with van der Waals surface area (Å²) in [6.45, 7) is 1.28. The van der Waals surface area contributed by atoms with Crippen molar-refractivity contribution in [2.24, 2.45) is 11.8 Å². The third-order valence-corrected chi connectivity index (χ3v) is 3.55. The quantitative estimate of drug-likeness (QED) is 0.847. The van der Waals surface area contributed by atoms with E-state index in [1.165, 1.54) is 0 Å². The summed E-state index contributed by atoms with van der Waals surface area (Å²) in [6.07, 6.45) is -3.45. The van der Waals surface area contributed by atoms with Gasteiger partial charge in [0.05, 0.1) is 0 Å². The molecule has 2 rings (SSSR count). The number of alkyl halides is 3. The van der Waals surface area contributed by atoms with Crippen molar-refractivity contribution in [3.63, 3.8) is 0 Å². The van der Waals surface area contributed by atoms with E-state index in [0.29, 0.717) is 24.9 Å². The Hall–Kier alpha value is -0.530. The number of amides is 1. The Kier molecular flexibility index (Phi) is 5.88. The molecule has 2 aliphatic heterocycles. The number of carbonyl (C=O) groups excluding carboxylic acids is 1. The van der Waals surface area contributed by atoms with Crippen molar-refractivity contribution in [2.75, 3.05) is 39.4 Å². The number of rotatable bonds is 3. The maximum atomic E-state index is 11.9. The van der Waals surface area contributed by atoms with E-state index in [2.05, 4.69) is 10.1 Å². The maximum absolute atomic E-state index is 11.9. The van der Waals surface area contributed by atoms with Gasteiger partial charge in [-0.05, 0) is 31.3 Å². The zero-order valence-corrected chi connectivity index (χ0v) is 11.2. The van der Waals surface area contributed by atoms with Crippen LogP contribution >= 0.6 is 12.4 Å². The summed E-state index contributed by atoms with van der Waals surface area (Å²) in [7, 11) is 0. The summed E-state index contributed by atoms with van der Waals surface area (Å²) < 4.78 is 40.0. The Morgan fingerprint density at radius 2 is 2.00 bits per heavy atom. The Morgan fingerprint density at radius 3 is 2.68 bits per heavy atom. The second kappa shape index (κ2) is 6.76. The smallest absolute Gasteiger partial charge is 0.362 e. The highest BCUT2D eigenvalue weighted by molar-refractivity contribution is 5.85. The summed E-state index contributed by atoms with van der Waals surface area (Å²) in [5.41, 5.74) is 0. The van der Waals surface area contributed by atoms with Crippen molar-refractivity contribution < 1.29 is 22.7 Å². The van der Waals surface area contributed by atoms with Gasteiger partial charge >= 0.3 is 6.18 Å². The van der Waals surface area contributed by atoms with Gasteiger partial charge in [0, 0.05) is 13.1 Å². The van der Waals surface area contributed by atoms with E-state index in [9.17, 15) is 18.0 Å². The van der Waals surface area contributed by atoms with E-state index in [1.54, 1.807) is 4.90 Å². The fraction of sp³-hybridized carbons (Fsp3) is 0.909. The van der Waals surface area contributed by atoms with Gasteiger partial charge in [-0.3, -0.25) is 4.79 Å². The molecule has 0 spiro atoms. The van der Waals surface area contributed by atoms with Gasteiger partial charge in [0.25, 0.3) is 0 Å². The lowest BCUT2D eigenvalue weighted by molar-refractivity contribution is -0.178. The molecule has 19 heavy (non-hydrogen) atoms. The van der Waals surface area contributed by atoms with Gasteiger partial charge in [-0.2, -0.15) is 13.2 Å². The van der Waals surface area contributed by atoms with Crippen LogP contribution in [0.25, 0.3) is 0 Å². The van der Waals surface area contributed by atoms with Gasteiger partial charge in [0.2, 0.25) is 5.91 Å². The Labute approximate surface area is 116 Å². The molecule has 4 nitrogen and oxygen atoms in total. The van der Waals surface area contributed by atoms with Crippen LogP contribution in [0.1, 0.15) is 6.42 Å². The van der Waals surface area contributed by atoms with E-state index >= 15 is 0 Å². The van der Waals surface area contributed by atoms with E-state index in [-0.39, 0.29) is 18.3 Å². The molecular formula is C11H18ClF3N2O2. The van der Waals surface area contributed by atoms with Crippen molar-refractivity contribution in [3.8, 4) is 0 Å². The second-order valence-electron chi connectivity index (χ2n) is 4.91. The number of nitrogens with one attached hydrogen (secondary N) is 1. The predicted molar refractivity (Wildman–Crippen MR) is 65.2 cm³/mol. The third-order valence-electron chi connectivity index (χ3n) is 3.55. The van der Waals surface area contributed by atoms with Crippen molar-refractivity contribution >= 4 is 18.3 Å². The minimum atomic E-state index is -4.37. The molecule has 1 amide bonds. The zero-order chi connectivity index (χ0) is 13.2. The maximum Gasteiger partial charge on any atom is 0.411 e. The molecule has 0 aliphatic carbocycles. The molecule has 8 heteroatoms. The molecule has 0 aromatic rings. The third kappa shape index (κ3) is 4.81. The van der Waals surface area contributed by atoms with Gasteiger partial charge < -0.3 is 15.0 Å². The Bertz CT molecular complexity index is 315. The summed E-state index contributed by atoms with van der Waals surface area (Å²) in [5.74, 6) is 0.694. The molecule has 2 unspecified atom stereocenters. The minimum absolute atomic E-state index is 0. The Morgan fingerprint density at radius 1 is 1.32 bits per heavy atom. The standard InChI is InChI=1S/C11H17F3N2O2.ClH/c12-11(13,14)7-18-6-10(17)16-2-1-8-3-15-4-9(8)5-16;/h8-9,15H,1-7H2;1H. The van der Waals surface area contributed by atoms with Crippen LogP contribution in [0.15, 0.2) is 0 Å². The molecule has 0 radical (unpaired) electrons. The van der Waals surface area contributed by atoms with E-state index in [4.69, 9.17) is 0 Å². The van der Waals surface area contributed by atoms with Crippen molar-refractivity contribution in [1.29, 1.82) is 0 Å². The first-order valence-corrected chi connectivity index (χ1v) is 6.09. The molecule has 0 saturated carbocycles. The molecule has 2 heterocycles. The molecular weight excluding hydrogens is 285 g/mol. The highest BCUT2D eigenvalue weighted by atomic mass is 35.5. The Balaban J connectivity index is 0.00000180. The fourth-order valence-electron chi connectivity index (χ4n) is 2.61. The summed E-state index contributed by atoms with van der Waals surface area (Å²) in [5, 5.41) is 3.27. The van der Waals surface area contributed by atoms with Crippen LogP contribution in [-0.4, -0.2) is 56.4 Å². The number of carbonyl (C=O) groups is 1. The van der Waals surface area contributed by atoms with Crippen LogP contribution in [0.3, 0.4) is 0 Å². The molecule has 2 aliphatic rings. The van der Waals surface area contributed by atoms with Crippen LogP contribution in [0, 0.1) is 11.8 Å². The number of hydrogen-bond donors (Lipinski definition) is 1. The lowest BCUT2D eigenvalue weighted by atomic mass is 9.89. The molecule has 112 valence electrons. The molecule has 2 saturated heterocycles. The van der Waals surface area contributed by atoms with Crippen LogP contribution in [0.2, 0.25) is 0 Å². The number of likely N-dealkylation sites (tertiary alicyclic amines) is 1. The lowest BCUT2D eigenvalue weighted by Crippen LogP contribution is -2.45. The minimum Gasteiger partial charge on any atom is -0.362 e. The van der Waals surface area contributed by atoms with Gasteiger partial charge in [-0.25, -0.2) is 0 Å². The first-order chi connectivity index (χ1) is 8.46. The van der Waals surface area contributed by atoms with Crippen LogP contribution < -0.4 is 5.32 Å². The van der Waals surface area contributed by atoms with E-state index in [1.807, 2.05) is 0 Å². The monoisotopic (exact) mass is 302 g/mol. The van der Waals surface area contributed by atoms with Gasteiger partial charge in [-0.15, -0.1) is 12.4 Å². The second-order valence-corrected chi connectivity index (χ2v) is 4.91. The summed E-state index contributed by atoms with van der Waals surface area (Å²) in [4.78, 5) is 13.3. The zero-order valence-electron chi connectivity index (χ0n) is 10.4. The normalized spacial score (nSPS) is 26.8. The SMILES string of the molecule is Cl.O=C(COCC(F)(F)F)N1CCC2CNCC2C1. The first-order valence-electron chi connectivity index (χ1n) is 6.09. The average molecular weight is 303 g/mol. The largest absolute Gasteiger partial charge is 0.411 e. The summed E-state index contributed by atoms with van der Waals surface area (Å²) >= 11 is 0. The van der Waals surface area contributed by atoms with Crippen LogP contribution in [0.5, 0.6) is 0 Å². The molecule has 0 aromatic heterocycles. The molecule has 2 fully saturated rings. The number of halogens is 4. The van der Waals surface area contributed by atoms with Crippen LogP contribution in [0.4, 0.5) is 13.2 Å². The molecule has 2 atom stereocenters. The fourth-order valence-corrected chi connectivity index (χ4v) is 2.61. The molecule has 0 aromatic carbocycles. The van der Waals surface area contributed by atoms with Crippen molar-refractivity contribution in [1.82, 2.24) is 10.2 Å². The number of ether oxygens (including phenoxy) is 1. The van der Waals surface area contributed by atoms with E-state index < -0.39 is 19.4 Å².